The molecule has 10 aromatic carbocycles. The summed E-state index contributed by atoms with van der Waals surface area (Å²) in [6, 6.07) is 95.3. The molecule has 0 atom stereocenters. The van der Waals surface area contributed by atoms with Crippen LogP contribution in [0.5, 0.6) is 0 Å². The number of benzene rings is 10. The second-order valence-electron chi connectivity index (χ2n) is 16.0. The van der Waals surface area contributed by atoms with E-state index in [0.29, 0.717) is 0 Å². The Labute approximate surface area is 364 Å². The Hall–Kier alpha value is -8.00. The molecule has 1 aliphatic rings. The lowest BCUT2D eigenvalue weighted by Crippen LogP contribution is -2.28. The summed E-state index contributed by atoms with van der Waals surface area (Å²) in [5.74, 6) is 0. The maximum absolute atomic E-state index is 2.48. The molecule has 0 spiro atoms. The van der Waals surface area contributed by atoms with Crippen LogP contribution < -0.4 is 4.90 Å². The molecule has 0 N–H and O–H groups in total. The van der Waals surface area contributed by atoms with E-state index < -0.39 is 5.41 Å². The Bertz CT molecular complexity index is 3080. The third-order valence-electron chi connectivity index (χ3n) is 12.6. The molecule has 0 heterocycles. The van der Waals surface area contributed by atoms with Gasteiger partial charge in [-0.2, -0.15) is 0 Å². The van der Waals surface area contributed by atoms with Gasteiger partial charge in [-0.05, 0) is 103 Å². The lowest BCUT2D eigenvalue weighted by molar-refractivity contribution is 0.768. The zero-order chi connectivity index (χ0) is 41.3. The highest BCUT2D eigenvalue weighted by molar-refractivity contribution is 5.98. The fourth-order valence-corrected chi connectivity index (χ4v) is 9.78. The predicted octanol–water partition coefficient (Wildman–Crippen LogP) is 16.2. The van der Waals surface area contributed by atoms with Crippen molar-refractivity contribution >= 4 is 17.1 Å². The number of fused-ring (bicyclic) bond motifs is 3. The van der Waals surface area contributed by atoms with E-state index in [0.717, 1.165) is 22.6 Å². The van der Waals surface area contributed by atoms with Crippen molar-refractivity contribution < 1.29 is 0 Å². The van der Waals surface area contributed by atoms with Gasteiger partial charge in [-0.1, -0.05) is 231 Å². The van der Waals surface area contributed by atoms with Crippen LogP contribution in [0.4, 0.5) is 17.1 Å². The molecule has 11 rings (SSSR count). The maximum Gasteiger partial charge on any atom is 0.0714 e. The molecule has 1 heteroatoms. The van der Waals surface area contributed by atoms with E-state index in [1.165, 1.54) is 72.3 Å². The van der Waals surface area contributed by atoms with Gasteiger partial charge in [0.1, 0.15) is 0 Å². The molecule has 62 heavy (non-hydrogen) atoms. The zero-order valence-corrected chi connectivity index (χ0v) is 34.3. The molecule has 10 aromatic rings. The van der Waals surface area contributed by atoms with Gasteiger partial charge in [0.05, 0.1) is 11.1 Å². The molecule has 1 aliphatic carbocycles. The smallest absolute Gasteiger partial charge is 0.0714 e. The number of nitrogens with zero attached hydrogens (tertiary/aromatic N) is 1. The molecule has 1 nitrogen and oxygen atoms in total. The first kappa shape index (κ1) is 37.0. The van der Waals surface area contributed by atoms with E-state index in [4.69, 9.17) is 0 Å². The van der Waals surface area contributed by atoms with E-state index in [2.05, 4.69) is 266 Å². The van der Waals surface area contributed by atoms with Gasteiger partial charge < -0.3 is 4.90 Å². The first-order chi connectivity index (χ1) is 30.8. The summed E-state index contributed by atoms with van der Waals surface area (Å²) in [5, 5.41) is 0. The lowest BCUT2D eigenvalue weighted by atomic mass is 9.67. The number of hydrogen-bond acceptors (Lipinski definition) is 1. The summed E-state index contributed by atoms with van der Waals surface area (Å²) in [4.78, 5) is 2.48. The highest BCUT2D eigenvalue weighted by Crippen LogP contribution is 2.57. The average Bonchev–Trinajstić information content (AvgIpc) is 3.66. The van der Waals surface area contributed by atoms with Crippen molar-refractivity contribution in [2.45, 2.75) is 5.41 Å². The molecule has 0 radical (unpaired) electrons. The fraction of sp³-hybridized carbons (Fsp3) is 0.0164. The summed E-state index contributed by atoms with van der Waals surface area (Å²) in [6.45, 7) is 0. The summed E-state index contributed by atoms with van der Waals surface area (Å²) in [5.41, 5.74) is 19.8. The molecule has 0 amide bonds. The third-order valence-corrected chi connectivity index (χ3v) is 12.6. The molecule has 292 valence electrons. The first-order valence-electron chi connectivity index (χ1n) is 21.4. The molecular formula is C61H43N. The van der Waals surface area contributed by atoms with Crippen molar-refractivity contribution in [2.75, 3.05) is 4.90 Å². The Kier molecular flexibility index (Phi) is 9.48. The Balaban J connectivity index is 1.18. The van der Waals surface area contributed by atoms with Gasteiger partial charge in [0.2, 0.25) is 0 Å². The van der Waals surface area contributed by atoms with Crippen molar-refractivity contribution in [2.24, 2.45) is 0 Å². The van der Waals surface area contributed by atoms with Crippen molar-refractivity contribution in [1.29, 1.82) is 0 Å². The normalized spacial score (nSPS) is 12.3. The summed E-state index contributed by atoms with van der Waals surface area (Å²) < 4.78 is 0. The average molecular weight is 790 g/mol. The third kappa shape index (κ3) is 6.35. The van der Waals surface area contributed by atoms with Gasteiger partial charge >= 0.3 is 0 Å². The minimum absolute atomic E-state index is 0.532. The Morgan fingerprint density at radius 2 is 0.677 bits per heavy atom. The van der Waals surface area contributed by atoms with Crippen LogP contribution in [0.15, 0.2) is 261 Å². The van der Waals surface area contributed by atoms with E-state index in [9.17, 15) is 0 Å². The van der Waals surface area contributed by atoms with Gasteiger partial charge in [-0.25, -0.2) is 0 Å². The van der Waals surface area contributed by atoms with Crippen molar-refractivity contribution in [3.8, 4) is 55.6 Å². The van der Waals surface area contributed by atoms with Gasteiger partial charge in [-0.3, -0.25) is 0 Å². The van der Waals surface area contributed by atoms with E-state index >= 15 is 0 Å². The fourth-order valence-electron chi connectivity index (χ4n) is 9.78. The first-order valence-corrected chi connectivity index (χ1v) is 21.4. The van der Waals surface area contributed by atoms with Crippen LogP contribution in [0, 0.1) is 0 Å². The van der Waals surface area contributed by atoms with Crippen LogP contribution in [0.3, 0.4) is 0 Å². The highest BCUT2D eigenvalue weighted by Gasteiger charge is 2.46. The quantitative estimate of drug-likeness (QED) is 0.141. The molecule has 0 saturated carbocycles. The van der Waals surface area contributed by atoms with E-state index in [1.54, 1.807) is 0 Å². The summed E-state index contributed by atoms with van der Waals surface area (Å²) >= 11 is 0. The monoisotopic (exact) mass is 789 g/mol. The molecule has 0 fully saturated rings. The Morgan fingerprint density at radius 1 is 0.258 bits per heavy atom. The molecule has 0 unspecified atom stereocenters. The molecular weight excluding hydrogens is 747 g/mol. The minimum Gasteiger partial charge on any atom is -0.310 e. The lowest BCUT2D eigenvalue weighted by Gasteiger charge is -2.35. The topological polar surface area (TPSA) is 3.24 Å². The molecule has 0 aliphatic heterocycles. The predicted molar refractivity (Wildman–Crippen MR) is 260 cm³/mol. The summed E-state index contributed by atoms with van der Waals surface area (Å²) in [6.07, 6.45) is 0. The van der Waals surface area contributed by atoms with Crippen LogP contribution in [0.1, 0.15) is 22.3 Å². The largest absolute Gasteiger partial charge is 0.310 e. The van der Waals surface area contributed by atoms with Crippen LogP contribution in [0.25, 0.3) is 55.6 Å². The van der Waals surface area contributed by atoms with Gasteiger partial charge in [0, 0.05) is 16.9 Å². The van der Waals surface area contributed by atoms with Crippen molar-refractivity contribution in [3.63, 3.8) is 0 Å². The SMILES string of the molecule is c1ccc(-c2ccc(-c3c(-c4ccccc4)cccc3N(c3ccc(-c4ccccc4)cc3)c3ccc4c(c3)C(c3ccccc3)(c3ccccc3)c3ccccc3-4)cc2)cc1. The molecule has 0 bridgehead atoms. The van der Waals surface area contributed by atoms with Gasteiger partial charge in [-0.15, -0.1) is 0 Å². The van der Waals surface area contributed by atoms with Crippen molar-refractivity contribution in [1.82, 2.24) is 0 Å². The van der Waals surface area contributed by atoms with Crippen LogP contribution in [0.2, 0.25) is 0 Å². The van der Waals surface area contributed by atoms with E-state index in [1.807, 2.05) is 0 Å². The zero-order valence-electron chi connectivity index (χ0n) is 34.3. The van der Waals surface area contributed by atoms with Gasteiger partial charge in [0.15, 0.2) is 0 Å². The number of rotatable bonds is 9. The summed E-state index contributed by atoms with van der Waals surface area (Å²) in [7, 11) is 0. The molecule has 0 saturated heterocycles. The second-order valence-corrected chi connectivity index (χ2v) is 16.0. The highest BCUT2D eigenvalue weighted by atomic mass is 15.1. The van der Waals surface area contributed by atoms with Crippen LogP contribution >= 0.6 is 0 Å². The standard InChI is InChI=1S/C61H43N/c1-6-19-44(20-7-1)46-33-35-49(36-34-46)60-54(48-23-10-3-11-24-48)30-18-32-59(60)62(52-39-37-47(38-40-52)45-21-8-2-9-22-45)53-41-42-56-55-29-16-17-31-57(55)61(58(56)43-53,50-25-12-4-13-26-50)51-27-14-5-15-28-51/h1-43H. The van der Waals surface area contributed by atoms with Crippen LogP contribution in [-0.2, 0) is 5.41 Å². The van der Waals surface area contributed by atoms with Gasteiger partial charge in [0.25, 0.3) is 0 Å². The van der Waals surface area contributed by atoms with Crippen molar-refractivity contribution in [3.05, 3.63) is 283 Å². The number of hydrogen-bond donors (Lipinski definition) is 0. The number of anilines is 3. The molecule has 0 aromatic heterocycles. The van der Waals surface area contributed by atoms with E-state index in [-0.39, 0.29) is 0 Å². The van der Waals surface area contributed by atoms with Crippen LogP contribution in [-0.4, -0.2) is 0 Å². The Morgan fingerprint density at radius 3 is 1.26 bits per heavy atom. The maximum atomic E-state index is 2.48. The second kappa shape index (κ2) is 15.9. The minimum atomic E-state index is -0.532.